The summed E-state index contributed by atoms with van der Waals surface area (Å²) in [5.74, 6) is -0.614. The van der Waals surface area contributed by atoms with Gasteiger partial charge >= 0.3 is 5.97 Å². The maximum Gasteiger partial charge on any atom is 0.344 e. The van der Waals surface area contributed by atoms with Gasteiger partial charge in [-0.3, -0.25) is 4.79 Å². The highest BCUT2D eigenvalue weighted by molar-refractivity contribution is 5.97. The quantitative estimate of drug-likeness (QED) is 0.742. The summed E-state index contributed by atoms with van der Waals surface area (Å²) in [5, 5.41) is 0. The molecule has 120 valence electrons. The molecule has 0 aliphatic rings. The normalized spacial score (nSPS) is 10.4. The number of hydrogen-bond acceptors (Lipinski definition) is 3. The van der Waals surface area contributed by atoms with Crippen LogP contribution >= 0.6 is 0 Å². The second-order valence-electron chi connectivity index (χ2n) is 5.25. The number of benzene rings is 2. The fourth-order valence-corrected chi connectivity index (χ4v) is 2.58. The van der Waals surface area contributed by atoms with Gasteiger partial charge in [-0.15, -0.1) is 0 Å². The lowest BCUT2D eigenvalue weighted by Crippen LogP contribution is -2.21. The van der Waals surface area contributed by atoms with Gasteiger partial charge in [0.15, 0.2) is 0 Å². The van der Waals surface area contributed by atoms with Crippen LogP contribution in [0.3, 0.4) is 0 Å². The molecule has 4 nitrogen and oxygen atoms in total. The summed E-state index contributed by atoms with van der Waals surface area (Å²) in [6.07, 6.45) is 0. The lowest BCUT2D eigenvalue weighted by atomic mass is 9.98. The van der Waals surface area contributed by atoms with Gasteiger partial charge in [-0.25, -0.2) is 4.79 Å². The molecule has 0 unspecified atom stereocenters. The molecule has 0 aliphatic carbocycles. The monoisotopic (exact) mass is 319 g/mol. The van der Waals surface area contributed by atoms with Gasteiger partial charge in [-0.2, -0.15) is 0 Å². The van der Waals surface area contributed by atoms with Crippen LogP contribution in [-0.4, -0.2) is 17.6 Å². The molecule has 0 amide bonds. The molecular formula is C20H17NO3. The van der Waals surface area contributed by atoms with Crippen LogP contribution in [0.25, 0.3) is 22.4 Å². The predicted molar refractivity (Wildman–Crippen MR) is 93.9 cm³/mol. The van der Waals surface area contributed by atoms with Crippen molar-refractivity contribution in [3.63, 3.8) is 0 Å². The van der Waals surface area contributed by atoms with Gasteiger partial charge < -0.3 is 9.72 Å². The van der Waals surface area contributed by atoms with E-state index in [0.717, 1.165) is 11.1 Å². The van der Waals surface area contributed by atoms with Gasteiger partial charge in [-0.1, -0.05) is 60.7 Å². The van der Waals surface area contributed by atoms with E-state index in [-0.39, 0.29) is 12.2 Å². The van der Waals surface area contributed by atoms with E-state index in [9.17, 15) is 9.59 Å². The molecule has 4 heteroatoms. The number of rotatable bonds is 4. The van der Waals surface area contributed by atoms with Crippen molar-refractivity contribution in [1.82, 2.24) is 4.98 Å². The van der Waals surface area contributed by atoms with Crippen molar-refractivity contribution in [3.8, 4) is 22.4 Å². The first kappa shape index (κ1) is 15.7. The van der Waals surface area contributed by atoms with Crippen LogP contribution in [0.2, 0.25) is 0 Å². The Morgan fingerprint density at radius 3 is 2.12 bits per heavy atom. The van der Waals surface area contributed by atoms with Crippen molar-refractivity contribution >= 4 is 5.97 Å². The lowest BCUT2D eigenvalue weighted by molar-refractivity contribution is 0.0525. The van der Waals surface area contributed by atoms with Crippen molar-refractivity contribution in [2.24, 2.45) is 0 Å². The molecule has 0 spiro atoms. The summed E-state index contributed by atoms with van der Waals surface area (Å²) < 4.78 is 5.06. The van der Waals surface area contributed by atoms with Crippen molar-refractivity contribution in [2.75, 3.05) is 6.61 Å². The predicted octanol–water partition coefficient (Wildman–Crippen LogP) is 3.89. The van der Waals surface area contributed by atoms with E-state index < -0.39 is 11.5 Å². The van der Waals surface area contributed by atoms with Crippen molar-refractivity contribution < 1.29 is 9.53 Å². The summed E-state index contributed by atoms with van der Waals surface area (Å²) in [6.45, 7) is 1.93. The Labute approximate surface area is 139 Å². The Bertz CT molecular complexity index is 899. The van der Waals surface area contributed by atoms with Gasteiger partial charge in [0.25, 0.3) is 5.56 Å². The molecule has 0 bridgehead atoms. The standard InChI is InChI=1S/C20H17NO3/c1-2-24-20(23)18-16(14-9-5-3-6-10-14)13-17(21-19(18)22)15-11-7-4-8-12-15/h3-13H,2H2,1H3,(H,21,22). The molecule has 0 radical (unpaired) electrons. The molecule has 0 atom stereocenters. The van der Waals surface area contributed by atoms with Gasteiger partial charge in [0, 0.05) is 11.3 Å². The van der Waals surface area contributed by atoms with Gasteiger partial charge in [0.2, 0.25) is 0 Å². The van der Waals surface area contributed by atoms with Crippen LogP contribution < -0.4 is 5.56 Å². The Kier molecular flexibility index (Phi) is 4.57. The topological polar surface area (TPSA) is 59.2 Å². The van der Waals surface area contributed by atoms with Crippen molar-refractivity contribution in [1.29, 1.82) is 0 Å². The third kappa shape index (κ3) is 3.13. The molecular weight excluding hydrogens is 302 g/mol. The molecule has 0 saturated heterocycles. The summed E-state index contributed by atoms with van der Waals surface area (Å²) >= 11 is 0. The third-order valence-corrected chi connectivity index (χ3v) is 3.68. The second kappa shape index (κ2) is 6.96. The number of carbonyl (C=O) groups is 1. The zero-order chi connectivity index (χ0) is 16.9. The number of carbonyl (C=O) groups excluding carboxylic acids is 1. The Morgan fingerprint density at radius 2 is 1.54 bits per heavy atom. The molecule has 1 heterocycles. The van der Waals surface area contributed by atoms with Crippen LogP contribution in [0.4, 0.5) is 0 Å². The Morgan fingerprint density at radius 1 is 0.958 bits per heavy atom. The zero-order valence-corrected chi connectivity index (χ0v) is 13.3. The number of ether oxygens (including phenoxy) is 1. The number of hydrogen-bond donors (Lipinski definition) is 1. The molecule has 1 aromatic heterocycles. The fourth-order valence-electron chi connectivity index (χ4n) is 2.58. The number of esters is 1. The average molecular weight is 319 g/mol. The van der Waals surface area contributed by atoms with Crippen LogP contribution in [0, 0.1) is 0 Å². The van der Waals surface area contributed by atoms with E-state index in [2.05, 4.69) is 4.98 Å². The van der Waals surface area contributed by atoms with Crippen molar-refractivity contribution in [2.45, 2.75) is 6.92 Å². The van der Waals surface area contributed by atoms with Crippen LogP contribution in [0.5, 0.6) is 0 Å². The van der Waals surface area contributed by atoms with E-state index in [1.54, 1.807) is 6.92 Å². The number of H-pyrrole nitrogens is 1. The maximum absolute atomic E-state index is 12.6. The first-order chi connectivity index (χ1) is 11.7. The highest BCUT2D eigenvalue weighted by Gasteiger charge is 2.20. The smallest absolute Gasteiger partial charge is 0.344 e. The number of pyridine rings is 1. The summed E-state index contributed by atoms with van der Waals surface area (Å²) in [5.41, 5.74) is 2.48. The van der Waals surface area contributed by atoms with Crippen LogP contribution in [-0.2, 0) is 4.74 Å². The maximum atomic E-state index is 12.6. The first-order valence-corrected chi connectivity index (χ1v) is 7.76. The summed E-state index contributed by atoms with van der Waals surface area (Å²) in [7, 11) is 0. The Hall–Kier alpha value is -3.14. The van der Waals surface area contributed by atoms with Gasteiger partial charge in [-0.05, 0) is 24.1 Å². The number of nitrogens with one attached hydrogen (secondary N) is 1. The highest BCUT2D eigenvalue weighted by atomic mass is 16.5. The largest absolute Gasteiger partial charge is 0.462 e. The molecule has 0 saturated carbocycles. The lowest BCUT2D eigenvalue weighted by Gasteiger charge is -2.11. The molecule has 3 rings (SSSR count). The van der Waals surface area contributed by atoms with E-state index in [1.807, 2.05) is 66.7 Å². The molecule has 1 N–H and O–H groups in total. The fraction of sp³-hybridized carbons (Fsp3) is 0.100. The minimum absolute atomic E-state index is 0.0303. The SMILES string of the molecule is CCOC(=O)c1c(-c2ccccc2)cc(-c2ccccc2)[nH]c1=O. The van der Waals surface area contributed by atoms with E-state index in [1.165, 1.54) is 0 Å². The van der Waals surface area contributed by atoms with Gasteiger partial charge in [0.05, 0.1) is 6.61 Å². The summed E-state index contributed by atoms with van der Waals surface area (Å²) in [4.78, 5) is 27.6. The number of aromatic amines is 1. The molecule has 24 heavy (non-hydrogen) atoms. The van der Waals surface area contributed by atoms with E-state index >= 15 is 0 Å². The van der Waals surface area contributed by atoms with Gasteiger partial charge in [0.1, 0.15) is 5.56 Å². The van der Waals surface area contributed by atoms with E-state index in [0.29, 0.717) is 11.3 Å². The van der Waals surface area contributed by atoms with Crippen LogP contribution in [0.1, 0.15) is 17.3 Å². The Balaban J connectivity index is 2.24. The number of aromatic nitrogens is 1. The molecule has 2 aromatic carbocycles. The van der Waals surface area contributed by atoms with E-state index in [4.69, 9.17) is 4.74 Å². The molecule has 3 aromatic rings. The highest BCUT2D eigenvalue weighted by Crippen LogP contribution is 2.26. The second-order valence-corrected chi connectivity index (χ2v) is 5.25. The molecule has 0 aliphatic heterocycles. The third-order valence-electron chi connectivity index (χ3n) is 3.68. The minimum Gasteiger partial charge on any atom is -0.462 e. The first-order valence-electron chi connectivity index (χ1n) is 7.76. The summed E-state index contributed by atoms with van der Waals surface area (Å²) in [6, 6.07) is 20.7. The molecule has 0 fully saturated rings. The average Bonchev–Trinajstić information content (AvgIpc) is 2.62. The van der Waals surface area contributed by atoms with Crippen molar-refractivity contribution in [3.05, 3.63) is 82.6 Å². The minimum atomic E-state index is -0.614. The van der Waals surface area contributed by atoms with Crippen LogP contribution in [0.15, 0.2) is 71.5 Å². The zero-order valence-electron chi connectivity index (χ0n) is 13.3.